The molecule has 1 aromatic rings. The standard InChI is InChI=1S/C7H7ClFO3P/c8-7(13(10,11)12)5-1-3-6(9)4-2-5/h1-4,7H,(H2,10,11,12). The maximum absolute atomic E-state index is 12.4. The van der Waals surface area contributed by atoms with Crippen LogP contribution in [0.15, 0.2) is 24.3 Å². The molecule has 0 aliphatic heterocycles. The van der Waals surface area contributed by atoms with Gasteiger partial charge >= 0.3 is 7.60 Å². The molecule has 1 atom stereocenters. The molecule has 3 nitrogen and oxygen atoms in total. The Labute approximate surface area is 79.3 Å². The summed E-state index contributed by atoms with van der Waals surface area (Å²) in [6.45, 7) is 0. The van der Waals surface area contributed by atoms with Crippen LogP contribution in [0.2, 0.25) is 0 Å². The molecule has 0 aliphatic rings. The van der Waals surface area contributed by atoms with Gasteiger partial charge in [0, 0.05) is 0 Å². The van der Waals surface area contributed by atoms with Crippen molar-refractivity contribution in [3.63, 3.8) is 0 Å². The predicted octanol–water partition coefficient (Wildman–Crippen LogP) is 2.24. The van der Waals surface area contributed by atoms with Crippen molar-refractivity contribution in [1.82, 2.24) is 0 Å². The molecule has 0 spiro atoms. The molecule has 0 fully saturated rings. The lowest BCUT2D eigenvalue weighted by molar-refractivity contribution is 0.369. The van der Waals surface area contributed by atoms with Gasteiger partial charge in [-0.25, -0.2) is 4.39 Å². The molecule has 0 amide bonds. The molecular weight excluding hydrogens is 217 g/mol. The van der Waals surface area contributed by atoms with Crippen LogP contribution >= 0.6 is 19.2 Å². The van der Waals surface area contributed by atoms with Crippen LogP contribution in [0.5, 0.6) is 0 Å². The summed E-state index contributed by atoms with van der Waals surface area (Å²) < 4.78 is 23.1. The summed E-state index contributed by atoms with van der Waals surface area (Å²) in [5.74, 6) is -0.474. The highest BCUT2D eigenvalue weighted by Gasteiger charge is 2.27. The monoisotopic (exact) mass is 224 g/mol. The number of hydrogen-bond acceptors (Lipinski definition) is 1. The van der Waals surface area contributed by atoms with Gasteiger partial charge in [-0.15, -0.1) is 11.6 Å². The summed E-state index contributed by atoms with van der Waals surface area (Å²) in [7, 11) is -4.35. The summed E-state index contributed by atoms with van der Waals surface area (Å²) in [6, 6.07) is 4.68. The molecule has 0 aromatic heterocycles. The van der Waals surface area contributed by atoms with Gasteiger partial charge in [-0.1, -0.05) is 12.1 Å². The maximum atomic E-state index is 12.4. The Kier molecular flexibility index (Phi) is 3.09. The van der Waals surface area contributed by atoms with E-state index in [0.29, 0.717) is 0 Å². The molecule has 1 aromatic carbocycles. The SMILES string of the molecule is O=P(O)(O)C(Cl)c1ccc(F)cc1. The Morgan fingerprint density at radius 2 is 1.77 bits per heavy atom. The first-order valence-electron chi connectivity index (χ1n) is 3.36. The molecule has 1 unspecified atom stereocenters. The third kappa shape index (κ3) is 2.78. The van der Waals surface area contributed by atoms with Crippen LogP contribution in [0, 0.1) is 5.82 Å². The van der Waals surface area contributed by atoms with E-state index in [1.165, 1.54) is 12.1 Å². The Bertz CT molecular complexity index is 334. The fraction of sp³-hybridized carbons (Fsp3) is 0.143. The topological polar surface area (TPSA) is 57.5 Å². The van der Waals surface area contributed by atoms with E-state index in [9.17, 15) is 8.96 Å². The fourth-order valence-corrected chi connectivity index (χ4v) is 1.52. The number of hydrogen-bond donors (Lipinski definition) is 2. The third-order valence-electron chi connectivity index (χ3n) is 1.44. The molecule has 13 heavy (non-hydrogen) atoms. The lowest BCUT2D eigenvalue weighted by Crippen LogP contribution is -1.91. The summed E-state index contributed by atoms with van der Waals surface area (Å²) >= 11 is 5.45. The summed E-state index contributed by atoms with van der Waals surface area (Å²) in [6.07, 6.45) is 0. The van der Waals surface area contributed by atoms with Crippen LogP contribution in [-0.2, 0) is 4.57 Å². The highest BCUT2D eigenvalue weighted by Crippen LogP contribution is 2.54. The average Bonchev–Trinajstić information content (AvgIpc) is 2.03. The molecule has 0 saturated carbocycles. The van der Waals surface area contributed by atoms with Crippen LogP contribution in [0.3, 0.4) is 0 Å². The first kappa shape index (κ1) is 10.7. The van der Waals surface area contributed by atoms with E-state index in [2.05, 4.69) is 0 Å². The molecular formula is C7H7ClFO3P. The maximum Gasteiger partial charge on any atom is 0.347 e. The minimum Gasteiger partial charge on any atom is -0.323 e. The summed E-state index contributed by atoms with van der Waals surface area (Å²) in [5, 5.41) is -1.41. The van der Waals surface area contributed by atoms with Crippen molar-refractivity contribution in [2.75, 3.05) is 0 Å². The third-order valence-corrected chi connectivity index (χ3v) is 3.34. The summed E-state index contributed by atoms with van der Waals surface area (Å²) in [5.41, 5.74) is 0.205. The van der Waals surface area contributed by atoms with Crippen molar-refractivity contribution in [2.45, 2.75) is 5.12 Å². The lowest BCUT2D eigenvalue weighted by atomic mass is 10.2. The van der Waals surface area contributed by atoms with Crippen molar-refractivity contribution < 1.29 is 18.7 Å². The highest BCUT2D eigenvalue weighted by atomic mass is 35.5. The van der Waals surface area contributed by atoms with E-state index < -0.39 is 18.5 Å². The van der Waals surface area contributed by atoms with Gasteiger partial charge in [0.15, 0.2) is 5.12 Å². The van der Waals surface area contributed by atoms with E-state index in [-0.39, 0.29) is 5.56 Å². The van der Waals surface area contributed by atoms with Crippen LogP contribution < -0.4 is 0 Å². The molecule has 0 bridgehead atoms. The number of alkyl halides is 1. The predicted molar refractivity (Wildman–Crippen MR) is 47.0 cm³/mol. The summed E-state index contributed by atoms with van der Waals surface area (Å²) in [4.78, 5) is 17.4. The van der Waals surface area contributed by atoms with E-state index in [1.807, 2.05) is 0 Å². The van der Waals surface area contributed by atoms with Crippen LogP contribution in [0.4, 0.5) is 4.39 Å². The van der Waals surface area contributed by atoms with Gasteiger partial charge in [0.25, 0.3) is 0 Å². The first-order chi connectivity index (χ1) is 5.91. The van der Waals surface area contributed by atoms with Crippen molar-refractivity contribution >= 4 is 19.2 Å². The Hall–Kier alpha value is -0.410. The van der Waals surface area contributed by atoms with Gasteiger partial charge in [0.05, 0.1) is 0 Å². The highest BCUT2D eigenvalue weighted by molar-refractivity contribution is 7.54. The Morgan fingerprint density at radius 1 is 1.31 bits per heavy atom. The molecule has 2 N–H and O–H groups in total. The second-order valence-corrected chi connectivity index (χ2v) is 4.91. The molecule has 0 heterocycles. The minimum absolute atomic E-state index is 0.205. The van der Waals surface area contributed by atoms with Crippen molar-refractivity contribution in [1.29, 1.82) is 0 Å². The number of benzene rings is 1. The van der Waals surface area contributed by atoms with Gasteiger partial charge in [-0.3, -0.25) is 4.57 Å². The zero-order valence-electron chi connectivity index (χ0n) is 6.39. The van der Waals surface area contributed by atoms with Crippen LogP contribution in [0.1, 0.15) is 10.7 Å². The smallest absolute Gasteiger partial charge is 0.323 e. The van der Waals surface area contributed by atoms with E-state index >= 15 is 0 Å². The van der Waals surface area contributed by atoms with E-state index in [4.69, 9.17) is 21.4 Å². The second kappa shape index (κ2) is 3.76. The molecule has 0 aliphatic carbocycles. The second-order valence-electron chi connectivity index (χ2n) is 2.48. The van der Waals surface area contributed by atoms with Crippen LogP contribution in [-0.4, -0.2) is 9.79 Å². The number of rotatable bonds is 2. The van der Waals surface area contributed by atoms with Crippen molar-refractivity contribution in [3.8, 4) is 0 Å². The average molecular weight is 225 g/mol. The quantitative estimate of drug-likeness (QED) is 0.598. The van der Waals surface area contributed by atoms with Gasteiger partial charge in [-0.2, -0.15) is 0 Å². The first-order valence-corrected chi connectivity index (χ1v) is 5.48. The lowest BCUT2D eigenvalue weighted by Gasteiger charge is -2.10. The van der Waals surface area contributed by atoms with Crippen LogP contribution in [0.25, 0.3) is 0 Å². The van der Waals surface area contributed by atoms with Gasteiger partial charge in [0.2, 0.25) is 0 Å². The van der Waals surface area contributed by atoms with Crippen molar-refractivity contribution in [3.05, 3.63) is 35.6 Å². The van der Waals surface area contributed by atoms with Gasteiger partial charge < -0.3 is 9.79 Å². The molecule has 0 saturated heterocycles. The molecule has 0 radical (unpaired) electrons. The molecule has 72 valence electrons. The van der Waals surface area contributed by atoms with E-state index in [0.717, 1.165) is 12.1 Å². The minimum atomic E-state index is -4.35. The Morgan fingerprint density at radius 3 is 2.15 bits per heavy atom. The normalized spacial score (nSPS) is 14.2. The van der Waals surface area contributed by atoms with Gasteiger partial charge in [0.1, 0.15) is 5.82 Å². The zero-order chi connectivity index (χ0) is 10.1. The Balaban J connectivity index is 2.97. The van der Waals surface area contributed by atoms with Gasteiger partial charge in [-0.05, 0) is 17.7 Å². The van der Waals surface area contributed by atoms with E-state index in [1.54, 1.807) is 0 Å². The number of halogens is 2. The fourth-order valence-electron chi connectivity index (χ4n) is 0.816. The molecule has 6 heteroatoms. The largest absolute Gasteiger partial charge is 0.347 e. The van der Waals surface area contributed by atoms with Crippen molar-refractivity contribution in [2.24, 2.45) is 0 Å². The molecule has 1 rings (SSSR count). The zero-order valence-corrected chi connectivity index (χ0v) is 8.04.